The number of benzene rings is 2. The lowest BCUT2D eigenvalue weighted by Gasteiger charge is -2.11. The van der Waals surface area contributed by atoms with Crippen molar-refractivity contribution in [1.82, 2.24) is 0 Å². The minimum absolute atomic E-state index is 1.05. The summed E-state index contributed by atoms with van der Waals surface area (Å²) in [5.41, 5.74) is 7.80. The summed E-state index contributed by atoms with van der Waals surface area (Å²) in [4.78, 5) is 0. The number of aryl methyl sites for hydroxylation is 2. The van der Waals surface area contributed by atoms with Gasteiger partial charge in [-0.3, -0.25) is 0 Å². The molecule has 1 heteroatoms. The van der Waals surface area contributed by atoms with Gasteiger partial charge in [-0.15, -0.1) is 0 Å². The molecule has 0 aliphatic rings. The summed E-state index contributed by atoms with van der Waals surface area (Å²) < 4.78 is 2.43. The molecule has 1 nitrogen and oxygen atoms in total. The van der Waals surface area contributed by atoms with Crippen LogP contribution in [0.4, 0.5) is 0 Å². The molecule has 0 unspecified atom stereocenters. The summed E-state index contributed by atoms with van der Waals surface area (Å²) in [7, 11) is 0. The Labute approximate surface area is 139 Å². The topological polar surface area (TPSA) is 3.88 Å². The van der Waals surface area contributed by atoms with E-state index in [-0.39, 0.29) is 0 Å². The van der Waals surface area contributed by atoms with E-state index in [9.17, 15) is 0 Å². The summed E-state index contributed by atoms with van der Waals surface area (Å²) in [6.07, 6.45) is 1.14. The zero-order valence-electron chi connectivity index (χ0n) is 14.2. The van der Waals surface area contributed by atoms with E-state index in [2.05, 4.69) is 92.1 Å². The molecule has 0 saturated carbocycles. The molecule has 0 atom stereocenters. The molecule has 2 aromatic carbocycles. The highest BCUT2D eigenvalue weighted by atomic mass is 15.0. The van der Waals surface area contributed by atoms with Gasteiger partial charge in [-0.25, -0.2) is 0 Å². The largest absolute Gasteiger partial charge is 0.212 e. The summed E-state index contributed by atoms with van der Waals surface area (Å²) in [6.45, 7) is 7.67. The highest BCUT2D eigenvalue weighted by molar-refractivity contribution is 5.72. The minimum atomic E-state index is 1.05. The van der Waals surface area contributed by atoms with E-state index in [0.29, 0.717) is 0 Å². The molecular formula is C22H24N+. The smallest absolute Gasteiger partial charge is 0.196 e. The fourth-order valence-corrected chi connectivity index (χ4v) is 3.11. The van der Waals surface area contributed by atoms with Crippen LogP contribution in [0.1, 0.15) is 24.6 Å². The van der Waals surface area contributed by atoms with Crippen molar-refractivity contribution >= 4 is 0 Å². The van der Waals surface area contributed by atoms with Gasteiger partial charge in [0.05, 0.1) is 0 Å². The zero-order valence-corrected chi connectivity index (χ0v) is 14.2. The number of hydrogen-bond acceptors (Lipinski definition) is 0. The summed E-state index contributed by atoms with van der Waals surface area (Å²) >= 11 is 0. The van der Waals surface area contributed by atoms with Crippen LogP contribution in [0.2, 0.25) is 0 Å². The predicted molar refractivity (Wildman–Crippen MR) is 97.3 cm³/mol. The Balaban J connectivity index is 2.16. The van der Waals surface area contributed by atoms with Crippen molar-refractivity contribution < 1.29 is 4.57 Å². The van der Waals surface area contributed by atoms with Crippen LogP contribution in [-0.4, -0.2) is 0 Å². The first kappa shape index (κ1) is 15.5. The Morgan fingerprint density at radius 1 is 0.783 bits per heavy atom. The van der Waals surface area contributed by atoms with Gasteiger partial charge in [0.2, 0.25) is 5.69 Å². The SMILES string of the molecule is CCC[n+]1c(C)cccc1-c1cc(-c2ccccc2)ccc1C. The van der Waals surface area contributed by atoms with E-state index in [4.69, 9.17) is 0 Å². The lowest BCUT2D eigenvalue weighted by atomic mass is 9.97. The number of rotatable bonds is 4. The third kappa shape index (κ3) is 3.19. The first-order chi connectivity index (χ1) is 11.2. The standard InChI is InChI=1S/C22H24N/c1-4-15-23-18(3)9-8-12-22(23)21-16-20(14-13-17(21)2)19-10-6-5-7-11-19/h5-14,16H,4,15H2,1-3H3/q+1. The normalized spacial score (nSPS) is 10.7. The van der Waals surface area contributed by atoms with E-state index in [1.165, 1.54) is 33.6 Å². The quantitative estimate of drug-likeness (QED) is 0.573. The number of hydrogen-bond donors (Lipinski definition) is 0. The Morgan fingerprint density at radius 3 is 2.30 bits per heavy atom. The molecular weight excluding hydrogens is 278 g/mol. The van der Waals surface area contributed by atoms with Crippen molar-refractivity contribution in [3.05, 3.63) is 78.0 Å². The van der Waals surface area contributed by atoms with Crippen molar-refractivity contribution in [3.63, 3.8) is 0 Å². The molecule has 116 valence electrons. The lowest BCUT2D eigenvalue weighted by molar-refractivity contribution is -0.692. The van der Waals surface area contributed by atoms with Gasteiger partial charge in [-0.1, -0.05) is 49.4 Å². The molecule has 1 aromatic heterocycles. The molecule has 0 N–H and O–H groups in total. The lowest BCUT2D eigenvalue weighted by Crippen LogP contribution is -2.39. The van der Waals surface area contributed by atoms with E-state index in [1.54, 1.807) is 0 Å². The van der Waals surface area contributed by atoms with Crippen molar-refractivity contribution in [1.29, 1.82) is 0 Å². The maximum absolute atomic E-state index is 2.43. The molecule has 3 aromatic rings. The third-order valence-electron chi connectivity index (χ3n) is 4.38. The molecule has 23 heavy (non-hydrogen) atoms. The van der Waals surface area contributed by atoms with Gasteiger partial charge in [0.25, 0.3) is 0 Å². The van der Waals surface area contributed by atoms with Crippen molar-refractivity contribution in [2.24, 2.45) is 0 Å². The second-order valence-electron chi connectivity index (χ2n) is 6.10. The third-order valence-corrected chi connectivity index (χ3v) is 4.38. The molecule has 0 fully saturated rings. The van der Waals surface area contributed by atoms with E-state index < -0.39 is 0 Å². The molecule has 1 heterocycles. The Kier molecular flexibility index (Phi) is 4.57. The molecule has 3 rings (SSSR count). The van der Waals surface area contributed by atoms with Crippen LogP contribution in [0.3, 0.4) is 0 Å². The molecule has 0 saturated heterocycles. The van der Waals surface area contributed by atoms with Crippen molar-refractivity contribution in [2.75, 3.05) is 0 Å². The maximum atomic E-state index is 2.43. The first-order valence-corrected chi connectivity index (χ1v) is 8.36. The van der Waals surface area contributed by atoms with Crippen LogP contribution >= 0.6 is 0 Å². The highest BCUT2D eigenvalue weighted by Crippen LogP contribution is 2.28. The van der Waals surface area contributed by atoms with Gasteiger partial charge in [0.15, 0.2) is 5.69 Å². The summed E-state index contributed by atoms with van der Waals surface area (Å²) in [6, 6.07) is 24.0. The van der Waals surface area contributed by atoms with E-state index in [1.807, 2.05) is 0 Å². The fraction of sp³-hybridized carbons (Fsp3) is 0.227. The van der Waals surface area contributed by atoms with Crippen LogP contribution in [0.15, 0.2) is 66.7 Å². The minimum Gasteiger partial charge on any atom is -0.196 e. The molecule has 0 radical (unpaired) electrons. The summed E-state index contributed by atoms with van der Waals surface area (Å²) in [5, 5.41) is 0. The molecule has 0 bridgehead atoms. The average Bonchev–Trinajstić information content (AvgIpc) is 2.58. The monoisotopic (exact) mass is 302 g/mol. The van der Waals surface area contributed by atoms with Crippen LogP contribution in [-0.2, 0) is 6.54 Å². The van der Waals surface area contributed by atoms with Crippen LogP contribution in [0.25, 0.3) is 22.4 Å². The zero-order chi connectivity index (χ0) is 16.2. The van der Waals surface area contributed by atoms with Crippen LogP contribution in [0.5, 0.6) is 0 Å². The number of aromatic nitrogens is 1. The maximum Gasteiger partial charge on any atom is 0.212 e. The van der Waals surface area contributed by atoms with E-state index in [0.717, 1.165) is 13.0 Å². The number of pyridine rings is 1. The van der Waals surface area contributed by atoms with Gasteiger partial charge >= 0.3 is 0 Å². The molecule has 0 spiro atoms. The average molecular weight is 302 g/mol. The van der Waals surface area contributed by atoms with Crippen LogP contribution < -0.4 is 4.57 Å². The molecule has 0 aliphatic carbocycles. The first-order valence-electron chi connectivity index (χ1n) is 8.36. The Bertz CT molecular complexity index is 803. The van der Waals surface area contributed by atoms with Gasteiger partial charge < -0.3 is 0 Å². The van der Waals surface area contributed by atoms with E-state index >= 15 is 0 Å². The van der Waals surface area contributed by atoms with Crippen LogP contribution in [0, 0.1) is 13.8 Å². The number of nitrogens with zero attached hydrogens (tertiary/aromatic N) is 1. The predicted octanol–water partition coefficient (Wildman–Crippen LogP) is 5.33. The van der Waals surface area contributed by atoms with Crippen molar-refractivity contribution in [3.8, 4) is 22.4 Å². The Morgan fingerprint density at radius 2 is 1.57 bits per heavy atom. The van der Waals surface area contributed by atoms with Gasteiger partial charge in [-0.05, 0) is 35.7 Å². The Hall–Kier alpha value is -2.41. The second kappa shape index (κ2) is 6.78. The van der Waals surface area contributed by atoms with Gasteiger partial charge in [0.1, 0.15) is 6.54 Å². The molecule has 0 amide bonds. The van der Waals surface area contributed by atoms with Gasteiger partial charge in [-0.2, -0.15) is 4.57 Å². The second-order valence-corrected chi connectivity index (χ2v) is 6.10. The van der Waals surface area contributed by atoms with Crippen molar-refractivity contribution in [2.45, 2.75) is 33.7 Å². The fourth-order valence-electron chi connectivity index (χ4n) is 3.11. The summed E-state index contributed by atoms with van der Waals surface area (Å²) in [5.74, 6) is 0. The van der Waals surface area contributed by atoms with Gasteiger partial charge in [0, 0.05) is 31.0 Å². The molecule has 0 aliphatic heterocycles. The highest BCUT2D eigenvalue weighted by Gasteiger charge is 2.17.